The minimum absolute atomic E-state index is 0.00769. The van der Waals surface area contributed by atoms with Gasteiger partial charge in [-0.05, 0) is 39.7 Å². The average Bonchev–Trinajstić information content (AvgIpc) is 2.46. The number of carboxylic acid groups (broad SMARTS) is 1. The SMILES string of the molecule is O=C(O)c1cc(COc2c(Br)cccc2[N+](=O)[O-])ccn1. The van der Waals surface area contributed by atoms with Gasteiger partial charge in [0, 0.05) is 12.3 Å². The number of aromatic nitrogens is 1. The minimum Gasteiger partial charge on any atom is -0.481 e. The number of nitro benzene ring substituents is 1. The molecule has 8 heteroatoms. The topological polar surface area (TPSA) is 103 Å². The second-order valence-corrected chi connectivity index (χ2v) is 4.84. The Kier molecular flexibility index (Phi) is 4.49. The molecule has 1 N–H and O–H groups in total. The number of nitrogens with zero attached hydrogens (tertiary/aromatic N) is 2. The quantitative estimate of drug-likeness (QED) is 0.655. The molecule has 0 amide bonds. The molecule has 1 heterocycles. The van der Waals surface area contributed by atoms with Crippen LogP contribution in [0.25, 0.3) is 0 Å². The Labute approximate surface area is 127 Å². The Hall–Kier alpha value is -2.48. The maximum absolute atomic E-state index is 10.9. The van der Waals surface area contributed by atoms with Crippen LogP contribution in [0.1, 0.15) is 16.1 Å². The largest absolute Gasteiger partial charge is 0.481 e. The first-order chi connectivity index (χ1) is 9.99. The van der Waals surface area contributed by atoms with E-state index in [9.17, 15) is 14.9 Å². The first kappa shape index (κ1) is 14.9. The molecule has 2 aromatic rings. The van der Waals surface area contributed by atoms with Crippen LogP contribution < -0.4 is 4.74 Å². The summed E-state index contributed by atoms with van der Waals surface area (Å²) in [6.07, 6.45) is 1.34. The molecule has 0 saturated carbocycles. The van der Waals surface area contributed by atoms with Crippen molar-refractivity contribution in [3.8, 4) is 5.75 Å². The van der Waals surface area contributed by atoms with Crippen molar-refractivity contribution in [2.45, 2.75) is 6.61 Å². The van der Waals surface area contributed by atoms with Crippen LogP contribution in [0.15, 0.2) is 41.0 Å². The van der Waals surface area contributed by atoms with Gasteiger partial charge in [0.15, 0.2) is 0 Å². The van der Waals surface area contributed by atoms with Crippen molar-refractivity contribution in [1.82, 2.24) is 4.98 Å². The maximum Gasteiger partial charge on any atom is 0.354 e. The first-order valence-corrected chi connectivity index (χ1v) is 6.52. The molecule has 0 saturated heterocycles. The third-order valence-corrected chi connectivity index (χ3v) is 3.19. The minimum atomic E-state index is -1.15. The number of halogens is 1. The molecule has 0 bridgehead atoms. The predicted octanol–water partition coefficient (Wildman–Crippen LogP) is 3.03. The normalized spacial score (nSPS) is 10.1. The number of hydrogen-bond donors (Lipinski definition) is 1. The molecule has 2 rings (SSSR count). The van der Waals surface area contributed by atoms with E-state index in [0.717, 1.165) is 0 Å². The van der Waals surface area contributed by atoms with Crippen molar-refractivity contribution in [2.75, 3.05) is 0 Å². The van der Waals surface area contributed by atoms with Gasteiger partial charge in [-0.3, -0.25) is 10.1 Å². The monoisotopic (exact) mass is 352 g/mol. The van der Waals surface area contributed by atoms with Crippen LogP contribution in [-0.4, -0.2) is 21.0 Å². The van der Waals surface area contributed by atoms with Gasteiger partial charge in [0.05, 0.1) is 9.40 Å². The molecule has 0 unspecified atom stereocenters. The third kappa shape index (κ3) is 3.54. The van der Waals surface area contributed by atoms with E-state index in [0.29, 0.717) is 10.0 Å². The second kappa shape index (κ2) is 6.31. The highest BCUT2D eigenvalue weighted by molar-refractivity contribution is 9.10. The lowest BCUT2D eigenvalue weighted by molar-refractivity contribution is -0.386. The van der Waals surface area contributed by atoms with Crippen molar-refractivity contribution < 1.29 is 19.6 Å². The van der Waals surface area contributed by atoms with Crippen LogP contribution in [0.3, 0.4) is 0 Å². The standard InChI is InChI=1S/C13H9BrN2O5/c14-9-2-1-3-11(16(19)20)12(9)21-7-8-4-5-15-10(6-8)13(17)18/h1-6H,7H2,(H,17,18). The number of para-hydroxylation sites is 1. The molecular weight excluding hydrogens is 344 g/mol. The van der Waals surface area contributed by atoms with Gasteiger partial charge in [-0.15, -0.1) is 0 Å². The Morgan fingerprint density at radius 3 is 2.86 bits per heavy atom. The lowest BCUT2D eigenvalue weighted by atomic mass is 10.2. The zero-order valence-electron chi connectivity index (χ0n) is 10.5. The molecule has 21 heavy (non-hydrogen) atoms. The number of aromatic carboxylic acids is 1. The number of rotatable bonds is 5. The summed E-state index contributed by atoms with van der Waals surface area (Å²) in [5.41, 5.74) is 0.266. The zero-order chi connectivity index (χ0) is 15.4. The van der Waals surface area contributed by atoms with E-state index in [4.69, 9.17) is 9.84 Å². The molecule has 108 valence electrons. The first-order valence-electron chi connectivity index (χ1n) is 5.73. The highest BCUT2D eigenvalue weighted by Gasteiger charge is 2.18. The molecule has 0 aliphatic carbocycles. The van der Waals surface area contributed by atoms with Crippen LogP contribution in [0.5, 0.6) is 5.75 Å². The summed E-state index contributed by atoms with van der Waals surface area (Å²) in [5, 5.41) is 19.8. The zero-order valence-corrected chi connectivity index (χ0v) is 12.1. The maximum atomic E-state index is 10.9. The number of nitro groups is 1. The van der Waals surface area contributed by atoms with Crippen LogP contribution in [0.4, 0.5) is 5.69 Å². The van der Waals surface area contributed by atoms with E-state index in [1.807, 2.05) is 0 Å². The Morgan fingerprint density at radius 1 is 1.43 bits per heavy atom. The molecular formula is C13H9BrN2O5. The molecule has 0 aliphatic heterocycles. The summed E-state index contributed by atoms with van der Waals surface area (Å²) < 4.78 is 5.89. The average molecular weight is 353 g/mol. The number of benzene rings is 1. The van der Waals surface area contributed by atoms with Crippen molar-refractivity contribution in [2.24, 2.45) is 0 Å². The number of carbonyl (C=O) groups is 1. The molecule has 1 aromatic heterocycles. The van der Waals surface area contributed by atoms with Gasteiger partial charge < -0.3 is 9.84 Å². The number of hydrogen-bond acceptors (Lipinski definition) is 5. The lowest BCUT2D eigenvalue weighted by Gasteiger charge is -2.08. The van der Waals surface area contributed by atoms with E-state index < -0.39 is 10.9 Å². The van der Waals surface area contributed by atoms with Gasteiger partial charge in [-0.1, -0.05) is 6.07 Å². The van der Waals surface area contributed by atoms with E-state index in [1.54, 1.807) is 12.1 Å². The second-order valence-electron chi connectivity index (χ2n) is 3.99. The summed E-state index contributed by atoms with van der Waals surface area (Å²) in [7, 11) is 0. The molecule has 0 atom stereocenters. The summed E-state index contributed by atoms with van der Waals surface area (Å²) in [6, 6.07) is 7.41. The summed E-state index contributed by atoms with van der Waals surface area (Å²) in [6.45, 7) is -0.00769. The van der Waals surface area contributed by atoms with Crippen molar-refractivity contribution in [3.63, 3.8) is 0 Å². The van der Waals surface area contributed by atoms with E-state index in [2.05, 4.69) is 20.9 Å². The van der Waals surface area contributed by atoms with Crippen molar-refractivity contribution >= 4 is 27.6 Å². The van der Waals surface area contributed by atoms with Gasteiger partial charge in [-0.25, -0.2) is 9.78 Å². The van der Waals surface area contributed by atoms with Crippen LogP contribution >= 0.6 is 15.9 Å². The predicted molar refractivity (Wildman–Crippen MR) is 76.3 cm³/mol. The molecule has 1 aromatic carbocycles. The highest BCUT2D eigenvalue weighted by atomic mass is 79.9. The lowest BCUT2D eigenvalue weighted by Crippen LogP contribution is -2.04. The molecule has 0 spiro atoms. The third-order valence-electron chi connectivity index (χ3n) is 2.57. The Bertz CT molecular complexity index is 705. The van der Waals surface area contributed by atoms with Gasteiger partial charge >= 0.3 is 11.7 Å². The van der Waals surface area contributed by atoms with Crippen molar-refractivity contribution in [3.05, 3.63) is 62.4 Å². The smallest absolute Gasteiger partial charge is 0.354 e. The molecule has 0 fully saturated rings. The number of ether oxygens (including phenoxy) is 1. The van der Waals surface area contributed by atoms with Gasteiger partial charge in [0.2, 0.25) is 5.75 Å². The molecule has 0 aliphatic rings. The van der Waals surface area contributed by atoms with Gasteiger partial charge in [-0.2, -0.15) is 0 Å². The highest BCUT2D eigenvalue weighted by Crippen LogP contribution is 2.35. The van der Waals surface area contributed by atoms with Crippen LogP contribution in [-0.2, 0) is 6.61 Å². The summed E-state index contributed by atoms with van der Waals surface area (Å²) >= 11 is 3.19. The van der Waals surface area contributed by atoms with E-state index in [1.165, 1.54) is 24.4 Å². The fourth-order valence-electron chi connectivity index (χ4n) is 1.62. The van der Waals surface area contributed by atoms with E-state index in [-0.39, 0.29) is 23.7 Å². The fraction of sp³-hybridized carbons (Fsp3) is 0.0769. The van der Waals surface area contributed by atoms with Crippen LogP contribution in [0.2, 0.25) is 0 Å². The Morgan fingerprint density at radius 2 is 2.19 bits per heavy atom. The van der Waals surface area contributed by atoms with Gasteiger partial charge in [0.1, 0.15) is 12.3 Å². The van der Waals surface area contributed by atoms with Gasteiger partial charge in [0.25, 0.3) is 0 Å². The number of carboxylic acids is 1. The Balaban J connectivity index is 2.22. The summed E-state index contributed by atoms with van der Waals surface area (Å²) in [5.74, 6) is -1.06. The van der Waals surface area contributed by atoms with Crippen molar-refractivity contribution in [1.29, 1.82) is 0 Å². The van der Waals surface area contributed by atoms with E-state index >= 15 is 0 Å². The van der Waals surface area contributed by atoms with Crippen LogP contribution in [0, 0.1) is 10.1 Å². The fourth-order valence-corrected chi connectivity index (χ4v) is 2.09. The number of pyridine rings is 1. The summed E-state index contributed by atoms with van der Waals surface area (Å²) in [4.78, 5) is 24.9. The molecule has 7 nitrogen and oxygen atoms in total. The molecule has 0 radical (unpaired) electrons.